The molecule has 9 heteroatoms. The number of rotatable bonds is 5. The third-order valence-corrected chi connectivity index (χ3v) is 8.18. The Morgan fingerprint density at radius 2 is 2.06 bits per heavy atom. The number of thioether (sulfide) groups is 1. The van der Waals surface area contributed by atoms with Gasteiger partial charge in [0.15, 0.2) is 5.16 Å². The van der Waals surface area contributed by atoms with Crippen molar-refractivity contribution in [3.63, 3.8) is 0 Å². The van der Waals surface area contributed by atoms with E-state index in [0.717, 1.165) is 41.2 Å². The second kappa shape index (κ2) is 9.54. The fourth-order valence-electron chi connectivity index (χ4n) is 4.21. The van der Waals surface area contributed by atoms with E-state index in [1.165, 1.54) is 21.5 Å². The zero-order chi connectivity index (χ0) is 23.8. The molecule has 1 aliphatic heterocycles. The van der Waals surface area contributed by atoms with Gasteiger partial charge in [0.1, 0.15) is 11.4 Å². The van der Waals surface area contributed by atoms with Crippen LogP contribution in [-0.4, -0.2) is 34.8 Å². The van der Waals surface area contributed by atoms with Gasteiger partial charge in [0, 0.05) is 17.1 Å². The SMILES string of the molecule is Cc1cccc(NC(=O)CSc2nc3sc4c(c3c(=O)n2-c2ccc(Cl)cc2)CC[NH+](C)C4)c1. The molecule has 3 heterocycles. The molecule has 0 spiro atoms. The van der Waals surface area contributed by atoms with Crippen LogP contribution in [0.3, 0.4) is 0 Å². The molecule has 1 unspecified atom stereocenters. The van der Waals surface area contributed by atoms with Gasteiger partial charge >= 0.3 is 0 Å². The van der Waals surface area contributed by atoms with Gasteiger partial charge in [-0.1, -0.05) is 35.5 Å². The minimum Gasteiger partial charge on any atom is -0.333 e. The lowest BCUT2D eigenvalue weighted by Gasteiger charge is -2.19. The highest BCUT2D eigenvalue weighted by atomic mass is 35.5. The van der Waals surface area contributed by atoms with E-state index in [-0.39, 0.29) is 17.2 Å². The molecule has 2 aromatic carbocycles. The topological polar surface area (TPSA) is 68.4 Å². The molecule has 5 rings (SSSR count). The average molecular weight is 512 g/mol. The molecule has 0 radical (unpaired) electrons. The number of anilines is 1. The van der Waals surface area contributed by atoms with Gasteiger partial charge in [-0.3, -0.25) is 14.2 Å². The Morgan fingerprint density at radius 1 is 1.26 bits per heavy atom. The number of nitrogens with zero attached hydrogens (tertiary/aromatic N) is 2. The second-order valence-electron chi connectivity index (χ2n) is 8.54. The summed E-state index contributed by atoms with van der Waals surface area (Å²) < 4.78 is 1.61. The van der Waals surface area contributed by atoms with Gasteiger partial charge in [-0.05, 0) is 54.4 Å². The van der Waals surface area contributed by atoms with Gasteiger partial charge in [0.2, 0.25) is 5.91 Å². The first-order valence-electron chi connectivity index (χ1n) is 11.0. The first-order chi connectivity index (χ1) is 16.4. The number of aryl methyl sites for hydroxylation is 1. The van der Waals surface area contributed by atoms with E-state index in [0.29, 0.717) is 21.3 Å². The number of nitrogens with one attached hydrogen (secondary N) is 2. The fraction of sp³-hybridized carbons (Fsp3) is 0.240. The van der Waals surface area contributed by atoms with Crippen LogP contribution in [0.5, 0.6) is 0 Å². The molecule has 34 heavy (non-hydrogen) atoms. The van der Waals surface area contributed by atoms with Crippen LogP contribution in [0.15, 0.2) is 58.5 Å². The predicted molar refractivity (Wildman–Crippen MR) is 140 cm³/mol. The summed E-state index contributed by atoms with van der Waals surface area (Å²) >= 11 is 8.95. The molecule has 0 saturated heterocycles. The Bertz CT molecular complexity index is 1450. The lowest BCUT2D eigenvalue weighted by atomic mass is 10.1. The average Bonchev–Trinajstić information content (AvgIpc) is 3.16. The molecule has 2 N–H and O–H groups in total. The zero-order valence-electron chi connectivity index (χ0n) is 18.9. The third kappa shape index (κ3) is 4.63. The van der Waals surface area contributed by atoms with Gasteiger partial charge in [0.05, 0.1) is 35.3 Å². The minimum atomic E-state index is -0.150. The minimum absolute atomic E-state index is 0.0917. The van der Waals surface area contributed by atoms with Crippen molar-refractivity contribution in [2.24, 2.45) is 0 Å². The van der Waals surface area contributed by atoms with Crippen molar-refractivity contribution in [2.75, 3.05) is 24.7 Å². The lowest BCUT2D eigenvalue weighted by molar-refractivity contribution is -0.895. The quantitative estimate of drug-likeness (QED) is 0.316. The van der Waals surface area contributed by atoms with Crippen LogP contribution < -0.4 is 15.8 Å². The highest BCUT2D eigenvalue weighted by Gasteiger charge is 2.26. The molecule has 1 atom stereocenters. The number of amides is 1. The van der Waals surface area contributed by atoms with Gasteiger partial charge in [0.25, 0.3) is 5.56 Å². The lowest BCUT2D eigenvalue weighted by Crippen LogP contribution is -3.08. The number of aromatic nitrogens is 2. The number of benzene rings is 2. The highest BCUT2D eigenvalue weighted by Crippen LogP contribution is 2.32. The summed E-state index contributed by atoms with van der Waals surface area (Å²) in [7, 11) is 2.17. The number of likely N-dealkylation sites (N-methyl/N-ethyl adjacent to an activating group) is 1. The standard InChI is InChI=1S/C25H23ClN4O2S2/c1-15-4-3-5-17(12-15)27-21(31)14-33-25-28-23-22(19-10-11-29(2)13-20(19)34-23)24(32)30(25)18-8-6-16(26)7-9-18/h3-9,12H,10-11,13-14H2,1-2H3,(H,27,31)/p+1. The van der Waals surface area contributed by atoms with Crippen molar-refractivity contribution in [1.29, 1.82) is 0 Å². The number of carbonyl (C=O) groups excluding carboxylic acids is 1. The first-order valence-corrected chi connectivity index (χ1v) is 13.2. The van der Waals surface area contributed by atoms with E-state index in [1.807, 2.05) is 43.3 Å². The molecule has 0 bridgehead atoms. The van der Waals surface area contributed by atoms with Crippen molar-refractivity contribution in [3.8, 4) is 5.69 Å². The largest absolute Gasteiger partial charge is 0.333 e. The summed E-state index contributed by atoms with van der Waals surface area (Å²) in [5.41, 5.74) is 3.54. The van der Waals surface area contributed by atoms with E-state index in [4.69, 9.17) is 16.6 Å². The Morgan fingerprint density at radius 3 is 2.82 bits per heavy atom. The maximum absolute atomic E-state index is 13.8. The van der Waals surface area contributed by atoms with Gasteiger partial charge in [-0.25, -0.2) is 4.98 Å². The number of quaternary nitrogens is 1. The molecule has 0 saturated carbocycles. The van der Waals surface area contributed by atoms with E-state index < -0.39 is 0 Å². The Labute approximate surface area is 210 Å². The zero-order valence-corrected chi connectivity index (χ0v) is 21.2. The molecule has 1 amide bonds. The molecular weight excluding hydrogens is 488 g/mol. The van der Waals surface area contributed by atoms with Gasteiger partial charge in [-0.2, -0.15) is 0 Å². The van der Waals surface area contributed by atoms with Crippen molar-refractivity contribution in [1.82, 2.24) is 9.55 Å². The number of halogens is 1. The Balaban J connectivity index is 1.53. The smallest absolute Gasteiger partial charge is 0.267 e. The number of fused-ring (bicyclic) bond motifs is 3. The molecule has 0 fully saturated rings. The number of hydrogen-bond acceptors (Lipinski definition) is 5. The molecule has 4 aromatic rings. The number of hydrogen-bond donors (Lipinski definition) is 2. The maximum atomic E-state index is 13.8. The van der Waals surface area contributed by atoms with E-state index in [2.05, 4.69) is 12.4 Å². The predicted octanol–water partition coefficient (Wildman–Crippen LogP) is 3.71. The third-order valence-electron chi connectivity index (χ3n) is 5.86. The van der Waals surface area contributed by atoms with Crippen LogP contribution in [0.2, 0.25) is 5.02 Å². The highest BCUT2D eigenvalue weighted by molar-refractivity contribution is 7.99. The summed E-state index contributed by atoms with van der Waals surface area (Å²) in [6.07, 6.45) is 0.865. The van der Waals surface area contributed by atoms with Gasteiger partial charge in [-0.15, -0.1) is 11.3 Å². The molecule has 0 aliphatic carbocycles. The van der Waals surface area contributed by atoms with Crippen molar-refractivity contribution in [2.45, 2.75) is 25.0 Å². The van der Waals surface area contributed by atoms with Crippen LogP contribution >= 0.6 is 34.7 Å². The van der Waals surface area contributed by atoms with Crippen molar-refractivity contribution < 1.29 is 9.69 Å². The second-order valence-corrected chi connectivity index (χ2v) is 11.0. The fourth-order valence-corrected chi connectivity index (χ4v) is 6.52. The number of thiophene rings is 1. The monoisotopic (exact) mass is 511 g/mol. The van der Waals surface area contributed by atoms with E-state index in [9.17, 15) is 9.59 Å². The molecular formula is C25H24ClN4O2S2+. The molecule has 6 nitrogen and oxygen atoms in total. The van der Waals surface area contributed by atoms with Crippen LogP contribution in [-0.2, 0) is 17.8 Å². The molecule has 174 valence electrons. The van der Waals surface area contributed by atoms with E-state index in [1.54, 1.807) is 28.0 Å². The number of carbonyl (C=O) groups is 1. The Kier molecular flexibility index (Phi) is 6.48. The summed E-state index contributed by atoms with van der Waals surface area (Å²) in [4.78, 5) is 34.8. The maximum Gasteiger partial charge on any atom is 0.267 e. The summed E-state index contributed by atoms with van der Waals surface area (Å²) in [5, 5.41) is 4.72. The van der Waals surface area contributed by atoms with Crippen LogP contribution in [0.25, 0.3) is 15.9 Å². The molecule has 1 aliphatic rings. The van der Waals surface area contributed by atoms with Crippen LogP contribution in [0.4, 0.5) is 5.69 Å². The van der Waals surface area contributed by atoms with Crippen molar-refractivity contribution in [3.05, 3.63) is 79.9 Å². The Hall–Kier alpha value is -2.65. The summed E-state index contributed by atoms with van der Waals surface area (Å²) in [5.74, 6) is -0.0134. The molecule has 2 aromatic heterocycles. The summed E-state index contributed by atoms with van der Waals surface area (Å²) in [6.45, 7) is 3.88. The normalized spacial score (nSPS) is 15.3. The van der Waals surface area contributed by atoms with E-state index >= 15 is 0 Å². The van der Waals surface area contributed by atoms with Gasteiger partial charge < -0.3 is 10.2 Å². The van der Waals surface area contributed by atoms with Crippen molar-refractivity contribution >= 4 is 56.5 Å². The van der Waals surface area contributed by atoms with Crippen LogP contribution in [0.1, 0.15) is 16.0 Å². The van der Waals surface area contributed by atoms with Crippen LogP contribution in [0, 0.1) is 6.92 Å². The first kappa shape index (κ1) is 23.1. The summed E-state index contributed by atoms with van der Waals surface area (Å²) in [6, 6.07) is 14.8.